The molecule has 5 unspecified atom stereocenters. The number of likely N-dealkylation sites (N-methyl/N-ethyl adjacent to an activating group) is 1. The predicted octanol–water partition coefficient (Wildman–Crippen LogP) is -2.07. The molecule has 10 heteroatoms. The van der Waals surface area contributed by atoms with Gasteiger partial charge in [0.2, 0.25) is 5.91 Å². The lowest BCUT2D eigenvalue weighted by Gasteiger charge is -2.41. The van der Waals surface area contributed by atoms with Crippen LogP contribution in [0, 0.1) is 0 Å². The van der Waals surface area contributed by atoms with Crippen LogP contribution in [-0.4, -0.2) is 105 Å². The summed E-state index contributed by atoms with van der Waals surface area (Å²) >= 11 is 0. The van der Waals surface area contributed by atoms with Crippen LogP contribution in [0.15, 0.2) is 0 Å². The Balaban J connectivity index is 0.00000312. The lowest BCUT2D eigenvalue weighted by atomic mass is 9.98. The van der Waals surface area contributed by atoms with Gasteiger partial charge in [-0.2, -0.15) is 0 Å². The molecule has 0 radical (unpaired) electrons. The highest BCUT2D eigenvalue weighted by Crippen LogP contribution is 2.25. The number of hydrogen-bond acceptors (Lipinski definition) is 8. The van der Waals surface area contributed by atoms with E-state index in [0.717, 1.165) is 6.54 Å². The standard InChI is InChI=1S/C15H29N3O6.ClH/c1-18(2)5-4-16-9-11(19)17-8-10-14-12(20)13(21)15(24-10)23-7-3-6-22-14;/h10,12-16,20-21H,3-9H2,1-2H3,(H,17,19);1H. The second-order valence-electron chi connectivity index (χ2n) is 6.37. The molecule has 0 aromatic rings. The van der Waals surface area contributed by atoms with E-state index in [1.807, 2.05) is 19.0 Å². The van der Waals surface area contributed by atoms with Gasteiger partial charge in [0.25, 0.3) is 0 Å². The number of amides is 1. The molecule has 5 atom stereocenters. The van der Waals surface area contributed by atoms with Gasteiger partial charge in [-0.25, -0.2) is 0 Å². The van der Waals surface area contributed by atoms with Crippen molar-refractivity contribution < 1.29 is 29.2 Å². The molecule has 3 aliphatic rings. The maximum atomic E-state index is 11.9. The van der Waals surface area contributed by atoms with Crippen molar-refractivity contribution in [2.24, 2.45) is 0 Å². The molecule has 25 heavy (non-hydrogen) atoms. The number of aliphatic hydroxyl groups excluding tert-OH is 2. The van der Waals surface area contributed by atoms with Gasteiger partial charge < -0.3 is 40.0 Å². The number of aliphatic hydroxyl groups is 2. The Morgan fingerprint density at radius 3 is 2.64 bits per heavy atom. The Kier molecular flexibility index (Phi) is 10.1. The van der Waals surface area contributed by atoms with E-state index in [0.29, 0.717) is 26.2 Å². The monoisotopic (exact) mass is 383 g/mol. The minimum Gasteiger partial charge on any atom is -0.387 e. The molecule has 3 aliphatic heterocycles. The van der Waals surface area contributed by atoms with Crippen molar-refractivity contribution in [2.75, 3.05) is 53.5 Å². The molecule has 0 aliphatic carbocycles. The molecule has 1 amide bonds. The minimum absolute atomic E-state index is 0. The summed E-state index contributed by atoms with van der Waals surface area (Å²) in [4.78, 5) is 13.9. The summed E-state index contributed by atoms with van der Waals surface area (Å²) < 4.78 is 16.7. The van der Waals surface area contributed by atoms with Crippen LogP contribution < -0.4 is 10.6 Å². The van der Waals surface area contributed by atoms with E-state index >= 15 is 0 Å². The van der Waals surface area contributed by atoms with Crippen molar-refractivity contribution in [1.29, 1.82) is 0 Å². The van der Waals surface area contributed by atoms with Gasteiger partial charge >= 0.3 is 0 Å². The maximum Gasteiger partial charge on any atom is 0.234 e. The second kappa shape index (κ2) is 11.2. The van der Waals surface area contributed by atoms with Gasteiger partial charge in [0, 0.05) is 26.2 Å². The SMILES string of the molecule is CN(C)CCNCC(=O)NCC1OC2OCCCOC1C(O)C2O.Cl. The third-order valence-electron chi connectivity index (χ3n) is 4.04. The van der Waals surface area contributed by atoms with E-state index in [9.17, 15) is 15.0 Å². The molecule has 4 N–H and O–H groups in total. The summed E-state index contributed by atoms with van der Waals surface area (Å²) in [7, 11) is 3.93. The molecular formula is C15H30ClN3O6. The van der Waals surface area contributed by atoms with Crippen molar-refractivity contribution in [3.63, 3.8) is 0 Å². The summed E-state index contributed by atoms with van der Waals surface area (Å²) in [6.45, 7) is 2.74. The fourth-order valence-electron chi connectivity index (χ4n) is 2.67. The Morgan fingerprint density at radius 1 is 1.20 bits per heavy atom. The molecule has 2 bridgehead atoms. The zero-order valence-corrected chi connectivity index (χ0v) is 15.5. The first-order valence-corrected chi connectivity index (χ1v) is 8.36. The second-order valence-corrected chi connectivity index (χ2v) is 6.37. The molecule has 3 heterocycles. The average Bonchev–Trinajstić information content (AvgIpc) is 2.68. The summed E-state index contributed by atoms with van der Waals surface area (Å²) in [6, 6.07) is 0. The normalized spacial score (nSPS) is 32.4. The van der Waals surface area contributed by atoms with Gasteiger partial charge in [0.1, 0.15) is 24.4 Å². The number of hydrogen-bond donors (Lipinski definition) is 4. The van der Waals surface area contributed by atoms with Crippen LogP contribution in [-0.2, 0) is 19.0 Å². The van der Waals surface area contributed by atoms with Crippen molar-refractivity contribution in [3.8, 4) is 0 Å². The summed E-state index contributed by atoms with van der Waals surface area (Å²) in [5.74, 6) is -0.163. The van der Waals surface area contributed by atoms with Gasteiger partial charge in [-0.3, -0.25) is 4.79 Å². The van der Waals surface area contributed by atoms with E-state index in [1.54, 1.807) is 0 Å². The number of rotatable bonds is 7. The van der Waals surface area contributed by atoms with E-state index in [2.05, 4.69) is 10.6 Å². The number of carbonyl (C=O) groups is 1. The zero-order valence-electron chi connectivity index (χ0n) is 14.7. The maximum absolute atomic E-state index is 11.9. The first-order valence-electron chi connectivity index (χ1n) is 8.36. The van der Waals surface area contributed by atoms with Crippen LogP contribution in [0.5, 0.6) is 0 Å². The molecule has 0 aromatic carbocycles. The molecule has 0 aromatic heterocycles. The van der Waals surface area contributed by atoms with Crippen LogP contribution in [0.1, 0.15) is 6.42 Å². The fraction of sp³-hybridized carbons (Fsp3) is 0.933. The van der Waals surface area contributed by atoms with Crippen LogP contribution in [0.25, 0.3) is 0 Å². The predicted molar refractivity (Wildman–Crippen MR) is 92.7 cm³/mol. The third-order valence-corrected chi connectivity index (χ3v) is 4.04. The number of nitrogens with one attached hydrogen (secondary N) is 2. The molecule has 0 spiro atoms. The first kappa shape index (κ1) is 22.5. The van der Waals surface area contributed by atoms with E-state index < -0.39 is 30.7 Å². The highest BCUT2D eigenvalue weighted by Gasteiger charge is 2.46. The fourth-order valence-corrected chi connectivity index (χ4v) is 2.67. The largest absolute Gasteiger partial charge is 0.387 e. The summed E-state index contributed by atoms with van der Waals surface area (Å²) in [6.07, 6.45) is -3.78. The smallest absolute Gasteiger partial charge is 0.234 e. The molecule has 3 saturated heterocycles. The average molecular weight is 384 g/mol. The number of fused-ring (bicyclic) bond motifs is 6. The lowest BCUT2D eigenvalue weighted by molar-refractivity contribution is -0.292. The molecular weight excluding hydrogens is 354 g/mol. The zero-order chi connectivity index (χ0) is 17.5. The third kappa shape index (κ3) is 6.95. The quantitative estimate of drug-likeness (QED) is 0.371. The van der Waals surface area contributed by atoms with Gasteiger partial charge in [-0.15, -0.1) is 12.4 Å². The van der Waals surface area contributed by atoms with Crippen molar-refractivity contribution in [3.05, 3.63) is 0 Å². The van der Waals surface area contributed by atoms with Gasteiger partial charge in [-0.1, -0.05) is 0 Å². The molecule has 0 saturated carbocycles. The van der Waals surface area contributed by atoms with Gasteiger partial charge in [0.05, 0.1) is 13.2 Å². The van der Waals surface area contributed by atoms with E-state index in [-0.39, 0.29) is 31.4 Å². The Bertz CT molecular complexity index is 401. The van der Waals surface area contributed by atoms with Crippen LogP contribution >= 0.6 is 12.4 Å². The highest BCUT2D eigenvalue weighted by molar-refractivity contribution is 5.85. The van der Waals surface area contributed by atoms with Crippen molar-refractivity contribution in [1.82, 2.24) is 15.5 Å². The van der Waals surface area contributed by atoms with Crippen molar-refractivity contribution in [2.45, 2.75) is 37.1 Å². The number of halogens is 1. The Hall–Kier alpha value is -0.520. The summed E-state index contributed by atoms with van der Waals surface area (Å²) in [5.41, 5.74) is 0. The molecule has 3 rings (SSSR count). The molecule has 9 nitrogen and oxygen atoms in total. The minimum atomic E-state index is -1.16. The molecule has 148 valence electrons. The van der Waals surface area contributed by atoms with E-state index in [1.165, 1.54) is 0 Å². The number of ether oxygens (including phenoxy) is 3. The topological polar surface area (TPSA) is 113 Å². The summed E-state index contributed by atoms with van der Waals surface area (Å²) in [5, 5.41) is 26.0. The van der Waals surface area contributed by atoms with Crippen molar-refractivity contribution >= 4 is 18.3 Å². The highest BCUT2D eigenvalue weighted by atomic mass is 35.5. The Labute approximate surface area is 154 Å². The van der Waals surface area contributed by atoms with Crippen LogP contribution in [0.2, 0.25) is 0 Å². The Morgan fingerprint density at radius 2 is 1.92 bits per heavy atom. The van der Waals surface area contributed by atoms with Crippen LogP contribution in [0.4, 0.5) is 0 Å². The van der Waals surface area contributed by atoms with Gasteiger partial charge in [0.15, 0.2) is 6.29 Å². The number of nitrogens with zero attached hydrogens (tertiary/aromatic N) is 1. The molecule has 3 fully saturated rings. The van der Waals surface area contributed by atoms with E-state index in [4.69, 9.17) is 14.2 Å². The lowest BCUT2D eigenvalue weighted by Crippen LogP contribution is -2.61. The van der Waals surface area contributed by atoms with Gasteiger partial charge in [-0.05, 0) is 20.5 Å². The first-order chi connectivity index (χ1) is 11.5. The van der Waals surface area contributed by atoms with Crippen LogP contribution in [0.3, 0.4) is 0 Å². The number of carbonyl (C=O) groups excluding carboxylic acids is 1.